The third-order valence-electron chi connectivity index (χ3n) is 12.1. The third-order valence-corrected chi connectivity index (χ3v) is 12.1. The summed E-state index contributed by atoms with van der Waals surface area (Å²) in [6.45, 7) is 1.95. The van der Waals surface area contributed by atoms with Gasteiger partial charge in [-0.2, -0.15) is 26.3 Å². The van der Waals surface area contributed by atoms with Gasteiger partial charge in [-0.1, -0.05) is 0 Å². The second-order valence-corrected chi connectivity index (χ2v) is 15.9. The number of ether oxygens (including phenoxy) is 2. The smallest absolute Gasteiger partial charge is 0.368 e. The summed E-state index contributed by atoms with van der Waals surface area (Å²) in [4.78, 5) is 47.4. The SMILES string of the molecule is Nc1ncc(-c2nc(N3CC4CC3C4)c3nc4n(c3n2)CCO[C@@H]4C(F)(F)F)cn1.Nc1ncc(-c2nc(N3CC4CC3C4)c3nc4n(c3n2)CCO[C@H]4C(F)(F)F)cn1. The van der Waals surface area contributed by atoms with Crippen LogP contribution in [0.5, 0.6) is 0 Å². The van der Waals surface area contributed by atoms with E-state index in [-0.39, 0.29) is 49.8 Å². The minimum Gasteiger partial charge on any atom is -0.368 e. The number of nitrogens with two attached hydrogens (primary N) is 2. The quantitative estimate of drug-likeness (QED) is 0.238. The van der Waals surface area contributed by atoms with Crippen molar-refractivity contribution in [1.29, 1.82) is 0 Å². The largest absolute Gasteiger partial charge is 0.421 e. The van der Waals surface area contributed by atoms with Crippen molar-refractivity contribution in [3.05, 3.63) is 36.4 Å². The van der Waals surface area contributed by atoms with E-state index in [9.17, 15) is 26.3 Å². The molecule has 0 spiro atoms. The van der Waals surface area contributed by atoms with E-state index in [2.05, 4.69) is 59.6 Å². The summed E-state index contributed by atoms with van der Waals surface area (Å²) < 4.78 is 94.3. The molecule has 4 N–H and O–H groups in total. The molecule has 6 fully saturated rings. The van der Waals surface area contributed by atoms with E-state index in [1.807, 2.05) is 0 Å². The van der Waals surface area contributed by atoms with E-state index in [1.54, 1.807) is 0 Å². The lowest BCUT2D eigenvalue weighted by molar-refractivity contribution is -0.233. The van der Waals surface area contributed by atoms with Crippen LogP contribution in [0, 0.1) is 11.8 Å². The number of aromatic nitrogens is 12. The van der Waals surface area contributed by atoms with E-state index < -0.39 is 24.6 Å². The highest BCUT2D eigenvalue weighted by Gasteiger charge is 2.50. The van der Waals surface area contributed by atoms with E-state index >= 15 is 0 Å². The Morgan fingerprint density at radius 3 is 1.27 bits per heavy atom. The summed E-state index contributed by atoms with van der Waals surface area (Å²) in [5, 5.41) is 0. The molecule has 0 aromatic carbocycles. The fourth-order valence-corrected chi connectivity index (χ4v) is 9.15. The zero-order chi connectivity index (χ0) is 41.2. The summed E-state index contributed by atoms with van der Waals surface area (Å²) in [7, 11) is 0. The Labute approximate surface area is 334 Å². The standard InChI is InChI=1S/2C18H17F3N8O/c2*19-18(20,21)12-16-25-11-14(28(16)1-2-30-12)26-13(9-5-23-17(22)24-6-9)27-15(11)29-7-8-3-10(29)4-8/h2*5-6,8,10,12H,1-4,7H2,(H2,22,23,24)/t2*8?,10?,12-/m10/s1. The van der Waals surface area contributed by atoms with Crippen LogP contribution in [0.25, 0.3) is 45.1 Å². The van der Waals surface area contributed by atoms with Crippen LogP contribution >= 0.6 is 0 Å². The van der Waals surface area contributed by atoms with Crippen molar-refractivity contribution in [2.75, 3.05) is 47.6 Å². The molecular formula is C36H34F6N16O2. The summed E-state index contributed by atoms with van der Waals surface area (Å²) >= 11 is 0. The molecular weight excluding hydrogens is 802 g/mol. The minimum atomic E-state index is -4.56. The number of anilines is 4. The number of halogens is 6. The molecule has 14 rings (SSSR count). The lowest BCUT2D eigenvalue weighted by Gasteiger charge is -2.26. The fraction of sp³-hybridized carbons (Fsp3) is 0.500. The number of alkyl halides is 6. The zero-order valence-corrected chi connectivity index (χ0v) is 31.3. The lowest BCUT2D eigenvalue weighted by Crippen LogP contribution is -2.32. The molecule has 0 radical (unpaired) electrons. The van der Waals surface area contributed by atoms with Crippen LogP contribution in [0.1, 0.15) is 49.5 Å². The van der Waals surface area contributed by atoms with Crippen LogP contribution in [0.2, 0.25) is 0 Å². The van der Waals surface area contributed by atoms with Gasteiger partial charge in [-0.3, -0.25) is 0 Å². The van der Waals surface area contributed by atoms with Gasteiger partial charge in [-0.05, 0) is 37.5 Å². The van der Waals surface area contributed by atoms with E-state index in [0.717, 1.165) is 38.8 Å². The molecule has 0 unspecified atom stereocenters. The van der Waals surface area contributed by atoms with Crippen molar-refractivity contribution in [1.82, 2.24) is 59.0 Å². The Kier molecular flexibility index (Phi) is 8.16. The fourth-order valence-electron chi connectivity index (χ4n) is 9.15. The summed E-state index contributed by atoms with van der Waals surface area (Å²) in [6, 6.07) is 0.661. The van der Waals surface area contributed by atoms with E-state index in [4.69, 9.17) is 20.9 Å². The molecule has 6 aliphatic heterocycles. The van der Waals surface area contributed by atoms with Crippen LogP contribution in [-0.4, -0.2) is 110 Å². The van der Waals surface area contributed by atoms with Crippen LogP contribution in [0.3, 0.4) is 0 Å². The van der Waals surface area contributed by atoms with E-state index in [1.165, 1.54) is 33.9 Å². The van der Waals surface area contributed by atoms with Crippen molar-refractivity contribution in [3.63, 3.8) is 0 Å². The molecule has 8 aliphatic rings. The van der Waals surface area contributed by atoms with Crippen molar-refractivity contribution < 1.29 is 35.8 Å². The molecule has 12 heterocycles. The lowest BCUT2D eigenvalue weighted by atomic mass is 9.86. The Bertz CT molecular complexity index is 2460. The second-order valence-electron chi connectivity index (χ2n) is 15.9. The van der Waals surface area contributed by atoms with Crippen molar-refractivity contribution in [3.8, 4) is 22.8 Å². The second kappa shape index (κ2) is 13.2. The first-order valence-electron chi connectivity index (χ1n) is 19.4. The highest BCUT2D eigenvalue weighted by Crippen LogP contribution is 2.48. The van der Waals surface area contributed by atoms with Gasteiger partial charge >= 0.3 is 12.4 Å². The maximum Gasteiger partial charge on any atom is 0.421 e. The molecule has 24 heteroatoms. The van der Waals surface area contributed by atoms with Gasteiger partial charge in [0.1, 0.15) is 11.6 Å². The number of hydrogen-bond acceptors (Lipinski definition) is 16. The van der Waals surface area contributed by atoms with Gasteiger partial charge in [0, 0.05) is 63.1 Å². The highest BCUT2D eigenvalue weighted by atomic mass is 19.4. The predicted molar refractivity (Wildman–Crippen MR) is 199 cm³/mol. The molecule has 2 saturated carbocycles. The van der Waals surface area contributed by atoms with Gasteiger partial charge in [-0.15, -0.1) is 0 Å². The normalized spacial score (nSPS) is 25.4. The first-order valence-corrected chi connectivity index (χ1v) is 19.4. The third kappa shape index (κ3) is 6.00. The molecule has 6 aromatic rings. The van der Waals surface area contributed by atoms with E-state index in [0.29, 0.717) is 80.7 Å². The number of nitrogens with zero attached hydrogens (tertiary/aromatic N) is 14. The average molecular weight is 837 g/mol. The monoisotopic (exact) mass is 836 g/mol. The molecule has 0 amide bonds. The topological polar surface area (TPSA) is 216 Å². The Hall–Kier alpha value is -6.04. The van der Waals surface area contributed by atoms with Crippen molar-refractivity contribution >= 4 is 45.9 Å². The average Bonchev–Trinajstić information content (AvgIpc) is 4.05. The van der Waals surface area contributed by atoms with Crippen LogP contribution in [0.15, 0.2) is 24.8 Å². The molecule has 312 valence electrons. The van der Waals surface area contributed by atoms with Gasteiger partial charge < -0.3 is 39.9 Å². The minimum absolute atomic E-state index is 0.0727. The van der Waals surface area contributed by atoms with Crippen LogP contribution < -0.4 is 21.3 Å². The first-order chi connectivity index (χ1) is 28.8. The van der Waals surface area contributed by atoms with Gasteiger partial charge in [0.15, 0.2) is 45.6 Å². The van der Waals surface area contributed by atoms with Gasteiger partial charge in [0.2, 0.25) is 24.1 Å². The van der Waals surface area contributed by atoms with Gasteiger partial charge in [-0.25, -0.2) is 49.8 Å². The first kappa shape index (κ1) is 37.0. The molecule has 4 saturated heterocycles. The van der Waals surface area contributed by atoms with Gasteiger partial charge in [0.05, 0.1) is 24.3 Å². The van der Waals surface area contributed by atoms with Crippen LogP contribution in [0.4, 0.5) is 49.9 Å². The molecule has 18 nitrogen and oxygen atoms in total. The molecule has 2 atom stereocenters. The molecule has 60 heavy (non-hydrogen) atoms. The maximum atomic E-state index is 13.5. The molecule has 2 aliphatic carbocycles. The molecule has 6 aromatic heterocycles. The Balaban J connectivity index is 0.000000136. The maximum absolute atomic E-state index is 13.5. The predicted octanol–water partition coefficient (Wildman–Crippen LogP) is 4.20. The highest BCUT2D eigenvalue weighted by molar-refractivity contribution is 5.88. The Morgan fingerprint density at radius 1 is 0.550 bits per heavy atom. The Morgan fingerprint density at radius 2 is 0.933 bits per heavy atom. The number of fused-ring (bicyclic) bond motifs is 8. The number of rotatable bonds is 4. The van der Waals surface area contributed by atoms with Crippen molar-refractivity contribution in [2.24, 2.45) is 11.8 Å². The summed E-state index contributed by atoms with van der Waals surface area (Å²) in [6.07, 6.45) is -3.00. The summed E-state index contributed by atoms with van der Waals surface area (Å²) in [5.74, 6) is 2.82. The van der Waals surface area contributed by atoms with Gasteiger partial charge in [0.25, 0.3) is 0 Å². The number of nitrogen functional groups attached to an aromatic ring is 2. The zero-order valence-electron chi connectivity index (χ0n) is 31.3. The number of hydrogen-bond donors (Lipinski definition) is 2. The molecule has 4 bridgehead atoms. The van der Waals surface area contributed by atoms with Crippen LogP contribution in [-0.2, 0) is 22.6 Å². The number of imidazole rings is 2. The summed E-state index contributed by atoms with van der Waals surface area (Å²) in [5.41, 5.74) is 13.7. The van der Waals surface area contributed by atoms with Crippen molar-refractivity contribution in [2.45, 2.75) is 75.4 Å².